The molecule has 0 spiro atoms. The third-order valence-electron chi connectivity index (χ3n) is 1.93. The molecule has 0 aliphatic carbocycles. The first-order chi connectivity index (χ1) is 6.63. The number of likely N-dealkylation sites (N-methyl/N-ethyl adjacent to an activating group) is 1. The summed E-state index contributed by atoms with van der Waals surface area (Å²) in [7, 11) is 3.63. The fraction of sp³-hybridized carbons (Fsp3) is 0.364. The van der Waals surface area contributed by atoms with Crippen molar-refractivity contribution in [1.29, 1.82) is 0 Å². The van der Waals surface area contributed by atoms with Crippen LogP contribution in [-0.4, -0.2) is 31.8 Å². The Labute approximate surface area is 83.3 Å². The van der Waals surface area contributed by atoms with Crippen molar-refractivity contribution >= 4 is 6.29 Å². The van der Waals surface area contributed by atoms with Gasteiger partial charge in [0.15, 0.2) is 0 Å². The highest BCUT2D eigenvalue weighted by molar-refractivity contribution is 5.74. The number of nitrogens with zero attached hydrogens (tertiary/aromatic N) is 1. The van der Waals surface area contributed by atoms with Crippen molar-refractivity contribution in [1.82, 2.24) is 4.90 Å². The summed E-state index contributed by atoms with van der Waals surface area (Å²) in [5.41, 5.74) is 1.08. The summed E-state index contributed by atoms with van der Waals surface area (Å²) in [6.07, 6.45) is -0.309. The summed E-state index contributed by atoms with van der Waals surface area (Å²) in [6.45, 7) is 0.336. The molecule has 0 heterocycles. The van der Waals surface area contributed by atoms with Crippen molar-refractivity contribution < 1.29 is 9.18 Å². The molecule has 0 aliphatic rings. The normalized spacial score (nSPS) is 12.9. The third-order valence-corrected chi connectivity index (χ3v) is 1.93. The number of rotatable bonds is 4. The van der Waals surface area contributed by atoms with Crippen molar-refractivity contribution in [2.45, 2.75) is 6.17 Å². The average Bonchev–Trinajstić information content (AvgIpc) is 2.17. The van der Waals surface area contributed by atoms with E-state index in [1.165, 1.54) is 0 Å². The predicted molar refractivity (Wildman–Crippen MR) is 54.2 cm³/mol. The molecule has 2 nitrogen and oxygen atoms in total. The van der Waals surface area contributed by atoms with Crippen LogP contribution >= 0.6 is 0 Å². The van der Waals surface area contributed by atoms with Crippen LogP contribution in [0.25, 0.3) is 0 Å². The van der Waals surface area contributed by atoms with Crippen LogP contribution in [0.4, 0.5) is 4.39 Å². The maximum atomic E-state index is 13.5. The van der Waals surface area contributed by atoms with Crippen molar-refractivity contribution in [2.75, 3.05) is 20.6 Å². The first-order valence-electron chi connectivity index (χ1n) is 4.47. The zero-order valence-electron chi connectivity index (χ0n) is 8.40. The van der Waals surface area contributed by atoms with E-state index in [2.05, 4.69) is 0 Å². The highest BCUT2D eigenvalue weighted by Gasteiger charge is 2.10. The largest absolute Gasteiger partial charge is 0.306 e. The van der Waals surface area contributed by atoms with Crippen LogP contribution in [0.15, 0.2) is 24.3 Å². The summed E-state index contributed by atoms with van der Waals surface area (Å²) in [5, 5.41) is 0. The van der Waals surface area contributed by atoms with Crippen LogP contribution in [-0.2, 0) is 0 Å². The number of hydrogen-bond acceptors (Lipinski definition) is 2. The number of carbonyl (C=O) groups excluding carboxylic acids is 1. The van der Waals surface area contributed by atoms with Gasteiger partial charge in [0.25, 0.3) is 0 Å². The minimum Gasteiger partial charge on any atom is -0.306 e. The maximum absolute atomic E-state index is 13.5. The number of benzene rings is 1. The molecule has 1 aromatic rings. The summed E-state index contributed by atoms with van der Waals surface area (Å²) in [5.74, 6) is 0. The van der Waals surface area contributed by atoms with E-state index in [-0.39, 0.29) is 0 Å². The quantitative estimate of drug-likeness (QED) is 0.685. The molecule has 0 aliphatic heterocycles. The maximum Gasteiger partial charge on any atom is 0.150 e. The van der Waals surface area contributed by atoms with Crippen LogP contribution in [0.3, 0.4) is 0 Å². The Hall–Kier alpha value is -1.22. The molecule has 0 saturated heterocycles. The Morgan fingerprint density at radius 1 is 1.50 bits per heavy atom. The molecule has 1 rings (SSSR count). The van der Waals surface area contributed by atoms with E-state index in [1.54, 1.807) is 29.2 Å². The minimum absolute atomic E-state index is 0.336. The van der Waals surface area contributed by atoms with E-state index < -0.39 is 6.17 Å². The topological polar surface area (TPSA) is 20.3 Å². The van der Waals surface area contributed by atoms with Gasteiger partial charge in [0, 0.05) is 12.1 Å². The Kier molecular flexibility index (Phi) is 3.77. The van der Waals surface area contributed by atoms with E-state index >= 15 is 0 Å². The predicted octanol–water partition coefficient (Wildman–Crippen LogP) is 2.07. The summed E-state index contributed by atoms with van der Waals surface area (Å²) < 4.78 is 13.5. The molecule has 0 amide bonds. The van der Waals surface area contributed by atoms with Gasteiger partial charge in [-0.2, -0.15) is 0 Å². The molecule has 76 valence electrons. The molecule has 0 fully saturated rings. The average molecular weight is 195 g/mol. The van der Waals surface area contributed by atoms with E-state index in [4.69, 9.17) is 0 Å². The minimum atomic E-state index is -1.04. The van der Waals surface area contributed by atoms with Crippen molar-refractivity contribution in [2.24, 2.45) is 0 Å². The molecule has 0 N–H and O–H groups in total. The smallest absolute Gasteiger partial charge is 0.150 e. The highest BCUT2D eigenvalue weighted by Crippen LogP contribution is 2.18. The van der Waals surface area contributed by atoms with Gasteiger partial charge in [-0.25, -0.2) is 4.39 Å². The van der Waals surface area contributed by atoms with Crippen LogP contribution in [0, 0.1) is 0 Å². The zero-order valence-corrected chi connectivity index (χ0v) is 8.40. The zero-order chi connectivity index (χ0) is 10.6. The molecule has 3 heteroatoms. The Balaban J connectivity index is 2.78. The highest BCUT2D eigenvalue weighted by atomic mass is 19.1. The van der Waals surface area contributed by atoms with Crippen molar-refractivity contribution in [3.05, 3.63) is 35.4 Å². The van der Waals surface area contributed by atoms with E-state index in [0.717, 1.165) is 6.29 Å². The standard InChI is InChI=1S/C11H14FNO/c1-13(2)7-11(12)10-5-3-4-9(6-10)8-14/h3-6,8,11H,7H2,1-2H3. The summed E-state index contributed by atoms with van der Waals surface area (Å²) in [6, 6.07) is 6.64. The second kappa shape index (κ2) is 4.86. The Morgan fingerprint density at radius 3 is 2.79 bits per heavy atom. The fourth-order valence-electron chi connectivity index (χ4n) is 1.25. The Morgan fingerprint density at radius 2 is 2.21 bits per heavy atom. The monoisotopic (exact) mass is 195 g/mol. The van der Waals surface area contributed by atoms with Gasteiger partial charge in [0.2, 0.25) is 0 Å². The van der Waals surface area contributed by atoms with Gasteiger partial charge < -0.3 is 4.90 Å². The first-order valence-corrected chi connectivity index (χ1v) is 4.47. The van der Waals surface area contributed by atoms with Gasteiger partial charge >= 0.3 is 0 Å². The van der Waals surface area contributed by atoms with E-state index in [0.29, 0.717) is 17.7 Å². The SMILES string of the molecule is CN(C)CC(F)c1cccc(C=O)c1. The lowest BCUT2D eigenvalue weighted by Crippen LogP contribution is -2.17. The number of alkyl halides is 1. The number of halogens is 1. The van der Waals surface area contributed by atoms with Crippen LogP contribution in [0.5, 0.6) is 0 Å². The number of aldehydes is 1. The molecule has 0 saturated carbocycles. The molecule has 0 aromatic heterocycles. The molecule has 0 bridgehead atoms. The van der Waals surface area contributed by atoms with Gasteiger partial charge in [0.05, 0.1) is 0 Å². The van der Waals surface area contributed by atoms with Gasteiger partial charge in [-0.1, -0.05) is 18.2 Å². The van der Waals surface area contributed by atoms with Gasteiger partial charge in [-0.15, -0.1) is 0 Å². The fourth-order valence-corrected chi connectivity index (χ4v) is 1.25. The number of carbonyl (C=O) groups is 1. The molecule has 0 radical (unpaired) electrons. The van der Waals surface area contributed by atoms with Crippen LogP contribution < -0.4 is 0 Å². The second-order valence-electron chi connectivity index (χ2n) is 3.52. The molecule has 1 unspecified atom stereocenters. The van der Waals surface area contributed by atoms with E-state index in [1.807, 2.05) is 14.1 Å². The molecule has 14 heavy (non-hydrogen) atoms. The summed E-state index contributed by atoms with van der Waals surface area (Å²) in [4.78, 5) is 12.2. The van der Waals surface area contributed by atoms with E-state index in [9.17, 15) is 9.18 Å². The third kappa shape index (κ3) is 2.92. The van der Waals surface area contributed by atoms with Gasteiger partial charge in [-0.3, -0.25) is 4.79 Å². The van der Waals surface area contributed by atoms with Gasteiger partial charge in [0.1, 0.15) is 12.5 Å². The molecular formula is C11H14FNO. The molecule has 1 aromatic carbocycles. The Bertz CT molecular complexity index is 312. The van der Waals surface area contributed by atoms with Crippen molar-refractivity contribution in [3.8, 4) is 0 Å². The lowest BCUT2D eigenvalue weighted by Gasteiger charge is -2.14. The lowest BCUT2D eigenvalue weighted by atomic mass is 10.1. The molecule has 1 atom stereocenters. The second-order valence-corrected chi connectivity index (χ2v) is 3.52. The van der Waals surface area contributed by atoms with Crippen molar-refractivity contribution in [3.63, 3.8) is 0 Å². The lowest BCUT2D eigenvalue weighted by molar-refractivity contribution is 0.112. The molecular weight excluding hydrogens is 181 g/mol. The number of hydrogen-bond donors (Lipinski definition) is 0. The van der Waals surface area contributed by atoms with Crippen LogP contribution in [0.2, 0.25) is 0 Å². The van der Waals surface area contributed by atoms with Gasteiger partial charge in [-0.05, 0) is 25.7 Å². The first kappa shape index (κ1) is 10.9. The summed E-state index contributed by atoms with van der Waals surface area (Å²) >= 11 is 0. The van der Waals surface area contributed by atoms with Crippen LogP contribution in [0.1, 0.15) is 22.1 Å².